The van der Waals surface area contributed by atoms with Gasteiger partial charge in [0.2, 0.25) is 0 Å². The molecule has 31 heavy (non-hydrogen) atoms. The monoisotopic (exact) mass is 436 g/mol. The summed E-state index contributed by atoms with van der Waals surface area (Å²) in [6.45, 7) is 5.33. The fourth-order valence-electron chi connectivity index (χ4n) is 3.52. The van der Waals surface area contributed by atoms with Crippen molar-refractivity contribution in [1.82, 2.24) is 0 Å². The molecule has 1 aromatic carbocycles. The maximum atomic E-state index is 10.4. The van der Waals surface area contributed by atoms with Crippen LogP contribution < -0.4 is 0 Å². The summed E-state index contributed by atoms with van der Waals surface area (Å²) in [6.07, 6.45) is 20.4. The summed E-state index contributed by atoms with van der Waals surface area (Å²) in [7, 11) is 6.88. The van der Waals surface area contributed by atoms with E-state index in [-0.39, 0.29) is 11.3 Å². The summed E-state index contributed by atoms with van der Waals surface area (Å²) in [5.74, 6) is -1.01. The van der Waals surface area contributed by atoms with Gasteiger partial charge in [0.05, 0.1) is 33.3 Å². The molecule has 2 N–H and O–H groups in total. The number of carboxylic acids is 1. The molecular weight excluding hydrogens is 386 g/mol. The fraction of sp³-hybridized carbons (Fsp3) is 0.741. The highest BCUT2D eigenvalue weighted by Gasteiger charge is 2.05. The third-order valence-corrected chi connectivity index (χ3v) is 5.64. The smallest absolute Gasteiger partial charge is 0.335 e. The zero-order valence-corrected chi connectivity index (χ0v) is 21.1. The molecule has 0 heterocycles. The van der Waals surface area contributed by atoms with Crippen molar-refractivity contribution >= 4 is 5.97 Å². The van der Waals surface area contributed by atoms with Gasteiger partial charge in [-0.2, -0.15) is 0 Å². The molecule has 0 unspecified atom stereocenters. The van der Waals surface area contributed by atoms with Crippen molar-refractivity contribution in [2.24, 2.45) is 0 Å². The van der Waals surface area contributed by atoms with Gasteiger partial charge in [-0.3, -0.25) is 0 Å². The Morgan fingerprint density at radius 1 is 0.774 bits per heavy atom. The minimum absolute atomic E-state index is 0.0184. The van der Waals surface area contributed by atoms with Gasteiger partial charge < -0.3 is 14.7 Å². The van der Waals surface area contributed by atoms with Crippen LogP contribution in [0.2, 0.25) is 0 Å². The Labute approximate surface area is 192 Å². The molecular formula is C27H50NO3+. The number of phenols is 1. The van der Waals surface area contributed by atoms with E-state index in [2.05, 4.69) is 28.1 Å². The molecule has 0 saturated heterocycles. The van der Waals surface area contributed by atoms with E-state index in [0.29, 0.717) is 5.56 Å². The van der Waals surface area contributed by atoms with Crippen LogP contribution in [-0.4, -0.2) is 48.4 Å². The standard InChI is InChI=1S/C19H42N.C8H8O3/c1-5-6-7-8-9-10-11-12-13-14-15-16-17-18-19-20(2,3)4;1-5-2-3-6(8(10)11)4-7(5)9/h5-19H2,1-4H3;2-4,9H,1H3,(H,10,11)/q+1;. The highest BCUT2D eigenvalue weighted by atomic mass is 16.4. The molecule has 0 spiro atoms. The molecule has 0 bridgehead atoms. The Balaban J connectivity index is 0.000000683. The summed E-state index contributed by atoms with van der Waals surface area (Å²) in [6, 6.07) is 4.26. The number of aromatic hydroxyl groups is 1. The molecule has 0 saturated carbocycles. The number of nitrogens with zero attached hydrogens (tertiary/aromatic N) is 1. The lowest BCUT2D eigenvalue weighted by Crippen LogP contribution is -2.35. The van der Waals surface area contributed by atoms with E-state index >= 15 is 0 Å². The number of unbranched alkanes of at least 4 members (excludes halogenated alkanes) is 13. The average molecular weight is 437 g/mol. The number of benzene rings is 1. The molecule has 4 heteroatoms. The third-order valence-electron chi connectivity index (χ3n) is 5.64. The van der Waals surface area contributed by atoms with Gasteiger partial charge >= 0.3 is 5.97 Å². The largest absolute Gasteiger partial charge is 0.508 e. The first-order valence-corrected chi connectivity index (χ1v) is 12.5. The third kappa shape index (κ3) is 18.9. The summed E-state index contributed by atoms with van der Waals surface area (Å²) < 4.78 is 1.12. The Bertz CT molecular complexity index is 578. The van der Waals surface area contributed by atoms with Crippen molar-refractivity contribution in [1.29, 1.82) is 0 Å². The van der Waals surface area contributed by atoms with E-state index in [0.717, 1.165) is 4.48 Å². The minimum Gasteiger partial charge on any atom is -0.508 e. The Hall–Kier alpha value is -1.55. The molecule has 0 amide bonds. The zero-order valence-electron chi connectivity index (χ0n) is 21.1. The number of hydrogen-bond donors (Lipinski definition) is 2. The van der Waals surface area contributed by atoms with Crippen LogP contribution >= 0.6 is 0 Å². The van der Waals surface area contributed by atoms with Gasteiger partial charge in [-0.05, 0) is 37.5 Å². The van der Waals surface area contributed by atoms with Crippen molar-refractivity contribution in [3.63, 3.8) is 0 Å². The predicted molar refractivity (Wildman–Crippen MR) is 133 cm³/mol. The first-order valence-electron chi connectivity index (χ1n) is 12.5. The van der Waals surface area contributed by atoms with E-state index in [1.165, 1.54) is 109 Å². The molecule has 180 valence electrons. The van der Waals surface area contributed by atoms with E-state index < -0.39 is 5.97 Å². The second kappa shape index (κ2) is 18.1. The van der Waals surface area contributed by atoms with Gasteiger partial charge in [-0.1, -0.05) is 90.0 Å². The van der Waals surface area contributed by atoms with Gasteiger partial charge in [-0.25, -0.2) is 4.79 Å². The first kappa shape index (κ1) is 29.5. The van der Waals surface area contributed by atoms with Crippen LogP contribution in [0.15, 0.2) is 18.2 Å². The molecule has 0 aliphatic rings. The number of aryl methyl sites for hydroxylation is 1. The van der Waals surface area contributed by atoms with Crippen LogP contribution in [0.5, 0.6) is 5.75 Å². The molecule has 0 aliphatic heterocycles. The maximum absolute atomic E-state index is 10.4. The Kier molecular flexibility index (Phi) is 17.2. The lowest BCUT2D eigenvalue weighted by Gasteiger charge is -2.23. The summed E-state index contributed by atoms with van der Waals surface area (Å²) in [5, 5.41) is 17.6. The maximum Gasteiger partial charge on any atom is 0.335 e. The number of quaternary nitrogens is 1. The minimum atomic E-state index is -1.03. The Morgan fingerprint density at radius 2 is 1.19 bits per heavy atom. The molecule has 0 atom stereocenters. The Morgan fingerprint density at radius 3 is 1.55 bits per heavy atom. The van der Waals surface area contributed by atoms with Crippen LogP contribution in [0.3, 0.4) is 0 Å². The highest BCUT2D eigenvalue weighted by Crippen LogP contribution is 2.17. The van der Waals surface area contributed by atoms with Crippen molar-refractivity contribution in [2.45, 2.75) is 104 Å². The van der Waals surface area contributed by atoms with Gasteiger partial charge in [-0.15, -0.1) is 0 Å². The van der Waals surface area contributed by atoms with Gasteiger partial charge in [0, 0.05) is 0 Å². The zero-order chi connectivity index (χ0) is 23.5. The van der Waals surface area contributed by atoms with Crippen molar-refractivity contribution in [3.8, 4) is 5.75 Å². The molecule has 0 aromatic heterocycles. The predicted octanol–water partition coefficient (Wildman–Crippen LogP) is 7.57. The lowest BCUT2D eigenvalue weighted by molar-refractivity contribution is -0.870. The average Bonchev–Trinajstić information content (AvgIpc) is 2.70. The number of phenolic OH excluding ortho intramolecular Hbond substituents is 1. The van der Waals surface area contributed by atoms with Crippen LogP contribution in [0, 0.1) is 6.92 Å². The topological polar surface area (TPSA) is 57.5 Å². The van der Waals surface area contributed by atoms with E-state index in [1.54, 1.807) is 13.0 Å². The van der Waals surface area contributed by atoms with Crippen LogP contribution in [0.4, 0.5) is 0 Å². The molecule has 1 aromatic rings. The van der Waals surface area contributed by atoms with E-state index in [4.69, 9.17) is 10.2 Å². The van der Waals surface area contributed by atoms with Crippen LogP contribution in [0.1, 0.15) is 113 Å². The van der Waals surface area contributed by atoms with Gasteiger partial charge in [0.1, 0.15) is 5.75 Å². The van der Waals surface area contributed by atoms with E-state index in [1.807, 2.05) is 0 Å². The van der Waals surface area contributed by atoms with E-state index in [9.17, 15) is 4.79 Å². The number of rotatable bonds is 16. The highest BCUT2D eigenvalue weighted by molar-refractivity contribution is 5.88. The van der Waals surface area contributed by atoms with Gasteiger partial charge in [0.25, 0.3) is 0 Å². The SMILES string of the molecule is CCCCCCCCCCCCCCCC[N+](C)(C)C.Cc1ccc(C(=O)O)cc1O. The molecule has 4 nitrogen and oxygen atoms in total. The van der Waals surface area contributed by atoms with Crippen LogP contribution in [0.25, 0.3) is 0 Å². The quantitative estimate of drug-likeness (QED) is 0.207. The fourth-order valence-corrected chi connectivity index (χ4v) is 3.52. The molecule has 0 radical (unpaired) electrons. The summed E-state index contributed by atoms with van der Waals surface area (Å²) >= 11 is 0. The number of aromatic carboxylic acids is 1. The van der Waals surface area contributed by atoms with Crippen molar-refractivity contribution in [2.75, 3.05) is 27.7 Å². The lowest BCUT2D eigenvalue weighted by atomic mass is 10.0. The second-order valence-corrected chi connectivity index (χ2v) is 9.92. The summed E-state index contributed by atoms with van der Waals surface area (Å²) in [4.78, 5) is 10.4. The number of hydrogen-bond acceptors (Lipinski definition) is 2. The summed E-state index contributed by atoms with van der Waals surface area (Å²) in [5.41, 5.74) is 0.781. The van der Waals surface area contributed by atoms with Gasteiger partial charge in [0.15, 0.2) is 0 Å². The second-order valence-electron chi connectivity index (χ2n) is 9.92. The number of carbonyl (C=O) groups is 1. The first-order chi connectivity index (χ1) is 14.7. The molecule has 0 fully saturated rings. The number of carboxylic acid groups (broad SMARTS) is 1. The molecule has 1 rings (SSSR count). The normalized spacial score (nSPS) is 11.1. The van der Waals surface area contributed by atoms with Crippen molar-refractivity contribution in [3.05, 3.63) is 29.3 Å². The van der Waals surface area contributed by atoms with Crippen LogP contribution in [-0.2, 0) is 0 Å². The van der Waals surface area contributed by atoms with Crippen molar-refractivity contribution < 1.29 is 19.5 Å². The molecule has 0 aliphatic carbocycles.